The molecule has 168 valence electrons. The van der Waals surface area contributed by atoms with Gasteiger partial charge in [-0.3, -0.25) is 4.98 Å². The minimum atomic E-state index is -0.278. The van der Waals surface area contributed by atoms with Crippen LogP contribution in [0.15, 0.2) is 47.8 Å². The first-order valence-corrected chi connectivity index (χ1v) is 11.8. The number of ether oxygens (including phenoxy) is 1. The molecule has 0 spiro atoms. The maximum Gasteiger partial charge on any atom is 0.415 e. The normalized spacial score (nSPS) is 15.5. The quantitative estimate of drug-likeness (QED) is 0.540. The van der Waals surface area contributed by atoms with Gasteiger partial charge in [0.05, 0.1) is 0 Å². The largest absolute Gasteiger partial charge is 0.415 e. The monoisotopic (exact) mass is 452 g/mol. The average molecular weight is 453 g/mol. The fourth-order valence-electron chi connectivity index (χ4n) is 3.83. The highest BCUT2D eigenvalue weighted by Gasteiger charge is 2.28. The predicted molar refractivity (Wildman–Crippen MR) is 123 cm³/mol. The number of tetrazole rings is 1. The molecule has 1 saturated heterocycles. The van der Waals surface area contributed by atoms with Gasteiger partial charge in [-0.1, -0.05) is 36.9 Å². The summed E-state index contributed by atoms with van der Waals surface area (Å²) < 4.78 is 5.60. The summed E-state index contributed by atoms with van der Waals surface area (Å²) >= 11 is 1.64. The number of nitrogens with one attached hydrogen (secondary N) is 1. The summed E-state index contributed by atoms with van der Waals surface area (Å²) in [6.45, 7) is 5.62. The number of aryl methyl sites for hydroxylation is 3. The van der Waals surface area contributed by atoms with Crippen molar-refractivity contribution in [1.29, 1.82) is 0 Å². The fourth-order valence-corrected chi connectivity index (χ4v) is 4.83. The number of likely N-dealkylation sites (tertiary alicyclic amines) is 1. The molecule has 9 heteroatoms. The van der Waals surface area contributed by atoms with E-state index in [-0.39, 0.29) is 6.09 Å². The van der Waals surface area contributed by atoms with Gasteiger partial charge in [-0.25, -0.2) is 9.89 Å². The number of H-pyrrole nitrogens is 1. The Bertz CT molecular complexity index is 986. The Morgan fingerprint density at radius 1 is 1.19 bits per heavy atom. The molecule has 1 unspecified atom stereocenters. The third kappa shape index (κ3) is 6.06. The third-order valence-corrected chi connectivity index (χ3v) is 7.01. The lowest BCUT2D eigenvalue weighted by Gasteiger charge is -2.33. The molecule has 0 radical (unpaired) electrons. The van der Waals surface area contributed by atoms with Crippen molar-refractivity contribution >= 4 is 17.9 Å². The number of rotatable bonds is 7. The van der Waals surface area contributed by atoms with Crippen LogP contribution in [0.5, 0.6) is 5.75 Å². The smallest absolute Gasteiger partial charge is 0.410 e. The topological polar surface area (TPSA) is 96.9 Å². The Hall–Kier alpha value is -2.94. The SMILES string of the molecule is Cc1ccc(CCc2ccc(OC(=O)N3CCC(C(C)Sc4nnn[nH]4)CC3)cc2)nc1. The number of carbonyl (C=O) groups is 1. The number of nitrogens with zero attached hydrogens (tertiary/aromatic N) is 5. The van der Waals surface area contributed by atoms with Crippen LogP contribution in [0.1, 0.15) is 36.6 Å². The van der Waals surface area contributed by atoms with Gasteiger partial charge in [0.1, 0.15) is 5.75 Å². The first kappa shape index (κ1) is 22.3. The number of carbonyl (C=O) groups excluding carboxylic acids is 1. The lowest BCUT2D eigenvalue weighted by molar-refractivity contribution is 0.131. The fraction of sp³-hybridized carbons (Fsp3) is 0.435. The minimum Gasteiger partial charge on any atom is -0.410 e. The number of hydrogen-bond acceptors (Lipinski definition) is 7. The van der Waals surface area contributed by atoms with Crippen LogP contribution < -0.4 is 4.74 Å². The van der Waals surface area contributed by atoms with Crippen LogP contribution in [-0.2, 0) is 12.8 Å². The van der Waals surface area contributed by atoms with Crippen molar-refractivity contribution in [3.8, 4) is 5.75 Å². The molecule has 1 atom stereocenters. The van der Waals surface area contributed by atoms with E-state index in [1.165, 1.54) is 11.1 Å². The highest BCUT2D eigenvalue weighted by molar-refractivity contribution is 7.99. The standard InChI is InChI=1S/C23H28N6O2S/c1-16-3-7-20(24-15-16)8-4-18-5-9-21(10-6-18)31-23(30)29-13-11-19(12-14-29)17(2)32-22-25-27-28-26-22/h3,5-7,9-10,15,17,19H,4,8,11-14H2,1-2H3,(H,25,26,27,28). The van der Waals surface area contributed by atoms with Gasteiger partial charge in [0.2, 0.25) is 5.16 Å². The van der Waals surface area contributed by atoms with E-state index in [4.69, 9.17) is 4.74 Å². The van der Waals surface area contributed by atoms with E-state index in [1.807, 2.05) is 37.4 Å². The van der Waals surface area contributed by atoms with Crippen LogP contribution in [0.4, 0.5) is 4.79 Å². The van der Waals surface area contributed by atoms with Gasteiger partial charge >= 0.3 is 6.09 Å². The lowest BCUT2D eigenvalue weighted by atomic mass is 9.94. The van der Waals surface area contributed by atoms with Gasteiger partial charge in [0.25, 0.3) is 0 Å². The second kappa shape index (κ2) is 10.6. The molecular formula is C23H28N6O2S. The van der Waals surface area contributed by atoms with Crippen molar-refractivity contribution in [2.75, 3.05) is 13.1 Å². The van der Waals surface area contributed by atoms with Gasteiger partial charge in [0.15, 0.2) is 0 Å². The summed E-state index contributed by atoms with van der Waals surface area (Å²) in [7, 11) is 0. The zero-order valence-corrected chi connectivity index (χ0v) is 19.2. The highest BCUT2D eigenvalue weighted by Crippen LogP contribution is 2.31. The highest BCUT2D eigenvalue weighted by atomic mass is 32.2. The van der Waals surface area contributed by atoms with Crippen molar-refractivity contribution in [3.05, 3.63) is 59.4 Å². The number of piperidine rings is 1. The van der Waals surface area contributed by atoms with E-state index in [9.17, 15) is 4.79 Å². The zero-order valence-electron chi connectivity index (χ0n) is 18.4. The van der Waals surface area contributed by atoms with E-state index in [1.54, 1.807) is 16.7 Å². The Balaban J connectivity index is 1.21. The van der Waals surface area contributed by atoms with E-state index in [0.717, 1.165) is 36.5 Å². The van der Waals surface area contributed by atoms with E-state index in [0.29, 0.717) is 30.0 Å². The van der Waals surface area contributed by atoms with Crippen molar-refractivity contribution < 1.29 is 9.53 Å². The number of benzene rings is 1. The van der Waals surface area contributed by atoms with Crippen molar-refractivity contribution in [1.82, 2.24) is 30.5 Å². The minimum absolute atomic E-state index is 0.278. The number of hydrogen-bond donors (Lipinski definition) is 1. The average Bonchev–Trinajstić information content (AvgIpc) is 3.33. The molecule has 1 aromatic carbocycles. The lowest BCUT2D eigenvalue weighted by Crippen LogP contribution is -2.41. The first-order chi connectivity index (χ1) is 15.6. The molecule has 0 bridgehead atoms. The molecule has 0 aliphatic carbocycles. The zero-order chi connectivity index (χ0) is 22.3. The molecule has 1 N–H and O–H groups in total. The Morgan fingerprint density at radius 2 is 1.97 bits per heavy atom. The number of aromatic amines is 1. The van der Waals surface area contributed by atoms with Crippen molar-refractivity contribution in [2.45, 2.75) is 49.9 Å². The number of pyridine rings is 1. The summed E-state index contributed by atoms with van der Waals surface area (Å²) in [6, 6.07) is 11.9. The Morgan fingerprint density at radius 3 is 2.62 bits per heavy atom. The van der Waals surface area contributed by atoms with Gasteiger partial charge in [-0.05, 0) is 78.3 Å². The van der Waals surface area contributed by atoms with Crippen LogP contribution in [-0.4, -0.2) is 54.9 Å². The maximum atomic E-state index is 12.6. The van der Waals surface area contributed by atoms with Crippen LogP contribution in [0, 0.1) is 12.8 Å². The first-order valence-electron chi connectivity index (χ1n) is 10.9. The molecule has 32 heavy (non-hydrogen) atoms. The van der Waals surface area contributed by atoms with Gasteiger partial charge in [-0.2, -0.15) is 0 Å². The molecule has 3 aromatic rings. The van der Waals surface area contributed by atoms with E-state index in [2.05, 4.69) is 44.7 Å². The maximum absolute atomic E-state index is 12.6. The van der Waals surface area contributed by atoms with E-state index < -0.39 is 0 Å². The predicted octanol–water partition coefficient (Wildman–Crippen LogP) is 4.08. The van der Waals surface area contributed by atoms with Crippen molar-refractivity contribution in [3.63, 3.8) is 0 Å². The van der Waals surface area contributed by atoms with Crippen LogP contribution in [0.3, 0.4) is 0 Å². The van der Waals surface area contributed by atoms with Crippen LogP contribution in [0.25, 0.3) is 0 Å². The van der Waals surface area contributed by atoms with Gasteiger partial charge in [0, 0.05) is 30.2 Å². The number of amides is 1. The molecule has 8 nitrogen and oxygen atoms in total. The van der Waals surface area contributed by atoms with Gasteiger partial charge in [-0.15, -0.1) is 5.10 Å². The van der Waals surface area contributed by atoms with Crippen LogP contribution in [0.2, 0.25) is 0 Å². The molecule has 1 amide bonds. The van der Waals surface area contributed by atoms with E-state index >= 15 is 0 Å². The van der Waals surface area contributed by atoms with Gasteiger partial charge < -0.3 is 9.64 Å². The molecule has 1 aliphatic rings. The summed E-state index contributed by atoms with van der Waals surface area (Å²) in [5.41, 5.74) is 3.45. The molecule has 1 fully saturated rings. The molecule has 3 heterocycles. The number of thioether (sulfide) groups is 1. The Kier molecular flexibility index (Phi) is 7.36. The molecule has 2 aromatic heterocycles. The molecular weight excluding hydrogens is 424 g/mol. The summed E-state index contributed by atoms with van der Waals surface area (Å²) in [5, 5.41) is 15.1. The second-order valence-corrected chi connectivity index (χ2v) is 9.56. The summed E-state index contributed by atoms with van der Waals surface area (Å²) in [6.07, 6.45) is 5.29. The summed E-state index contributed by atoms with van der Waals surface area (Å²) in [5.74, 6) is 1.09. The molecule has 4 rings (SSSR count). The Labute approximate surface area is 192 Å². The van der Waals surface area contributed by atoms with Crippen molar-refractivity contribution in [2.24, 2.45) is 5.92 Å². The molecule has 0 saturated carbocycles. The molecule has 1 aliphatic heterocycles. The summed E-state index contributed by atoms with van der Waals surface area (Å²) in [4.78, 5) is 18.8. The third-order valence-electron chi connectivity index (χ3n) is 5.86. The number of aromatic nitrogens is 5. The second-order valence-electron chi connectivity index (χ2n) is 8.19. The van der Waals surface area contributed by atoms with Crippen LogP contribution >= 0.6 is 11.8 Å².